The van der Waals surface area contributed by atoms with E-state index in [1.54, 1.807) is 0 Å². The summed E-state index contributed by atoms with van der Waals surface area (Å²) in [5.41, 5.74) is 7.84. The highest BCUT2D eigenvalue weighted by atomic mass is 16.4. The third-order valence-electron chi connectivity index (χ3n) is 5.91. The van der Waals surface area contributed by atoms with Gasteiger partial charge >= 0.3 is 0 Å². The van der Waals surface area contributed by atoms with Crippen LogP contribution in [0.15, 0.2) is 75.6 Å². The van der Waals surface area contributed by atoms with E-state index in [2.05, 4.69) is 88.4 Å². The molecule has 0 bridgehead atoms. The first-order chi connectivity index (χ1) is 14.0. The van der Waals surface area contributed by atoms with E-state index in [1.165, 1.54) is 38.6 Å². The van der Waals surface area contributed by atoms with E-state index in [4.69, 9.17) is 8.83 Å². The highest BCUT2D eigenvalue weighted by Crippen LogP contribution is 2.42. The minimum atomic E-state index is -0.0865. The van der Waals surface area contributed by atoms with E-state index < -0.39 is 0 Å². The monoisotopic (exact) mass is 380 g/mol. The molecule has 2 aromatic heterocycles. The number of benzene rings is 3. The zero-order chi connectivity index (χ0) is 20.1. The number of fused-ring (bicyclic) bond motifs is 2. The molecule has 0 aliphatic heterocycles. The number of rotatable bonds is 3. The van der Waals surface area contributed by atoms with Crippen molar-refractivity contribution < 1.29 is 8.83 Å². The lowest BCUT2D eigenvalue weighted by Crippen LogP contribution is -2.04. The molecule has 0 radical (unpaired) electrons. The Morgan fingerprint density at radius 3 is 1.55 bits per heavy atom. The van der Waals surface area contributed by atoms with Crippen molar-refractivity contribution in [3.8, 4) is 0 Å². The Hall–Kier alpha value is -3.26. The second-order valence-electron chi connectivity index (χ2n) is 8.03. The van der Waals surface area contributed by atoms with Gasteiger partial charge in [-0.2, -0.15) is 0 Å². The maximum Gasteiger partial charge on any atom is 0.134 e. The number of hydrogen-bond acceptors (Lipinski definition) is 2. The van der Waals surface area contributed by atoms with E-state index in [-0.39, 0.29) is 5.92 Å². The second kappa shape index (κ2) is 6.66. The molecule has 0 saturated heterocycles. The molecule has 3 aromatic carbocycles. The van der Waals surface area contributed by atoms with E-state index in [0.717, 1.165) is 22.7 Å². The minimum Gasteiger partial charge on any atom is -0.460 e. The van der Waals surface area contributed by atoms with Crippen LogP contribution in [0.25, 0.3) is 21.9 Å². The van der Waals surface area contributed by atoms with Crippen molar-refractivity contribution in [1.82, 2.24) is 0 Å². The third-order valence-corrected chi connectivity index (χ3v) is 5.91. The molecule has 29 heavy (non-hydrogen) atoms. The van der Waals surface area contributed by atoms with E-state index in [9.17, 15) is 0 Å². The lowest BCUT2D eigenvalue weighted by Gasteiger charge is -2.15. The van der Waals surface area contributed by atoms with Crippen molar-refractivity contribution in [3.63, 3.8) is 0 Å². The summed E-state index contributed by atoms with van der Waals surface area (Å²) < 4.78 is 12.9. The zero-order valence-corrected chi connectivity index (χ0v) is 17.2. The Morgan fingerprint density at radius 2 is 1.07 bits per heavy atom. The molecule has 144 valence electrons. The first-order valence-electron chi connectivity index (χ1n) is 10.1. The number of aryl methyl sites for hydroxylation is 4. The van der Waals surface area contributed by atoms with Gasteiger partial charge in [-0.05, 0) is 68.7 Å². The van der Waals surface area contributed by atoms with Gasteiger partial charge in [-0.15, -0.1) is 0 Å². The van der Waals surface area contributed by atoms with E-state index in [1.807, 2.05) is 6.07 Å². The Balaban J connectivity index is 1.80. The second-order valence-corrected chi connectivity index (χ2v) is 8.03. The van der Waals surface area contributed by atoms with Gasteiger partial charge < -0.3 is 8.83 Å². The van der Waals surface area contributed by atoms with Crippen molar-refractivity contribution >= 4 is 21.9 Å². The lowest BCUT2D eigenvalue weighted by atomic mass is 9.89. The Labute approximate surface area is 170 Å². The molecule has 0 aliphatic carbocycles. The fraction of sp³-hybridized carbons (Fsp3) is 0.185. The van der Waals surface area contributed by atoms with Gasteiger partial charge in [0.1, 0.15) is 28.6 Å². The number of hydrogen-bond donors (Lipinski definition) is 0. The SMILES string of the molecule is Cc1ccc2oc(C(c3ccccc3)c3oc4ccc(C)cc4c3C)c(C)c2c1. The average molecular weight is 380 g/mol. The fourth-order valence-electron chi connectivity index (χ4n) is 4.33. The normalized spacial score (nSPS) is 11.8. The minimum absolute atomic E-state index is 0.0865. The Morgan fingerprint density at radius 1 is 0.586 bits per heavy atom. The topological polar surface area (TPSA) is 26.3 Å². The van der Waals surface area contributed by atoms with Gasteiger partial charge in [0.25, 0.3) is 0 Å². The molecule has 0 unspecified atom stereocenters. The van der Waals surface area contributed by atoms with E-state index in [0.29, 0.717) is 0 Å². The third kappa shape index (κ3) is 2.87. The summed E-state index contributed by atoms with van der Waals surface area (Å²) in [6.45, 7) is 8.54. The van der Waals surface area contributed by atoms with Crippen molar-refractivity contribution in [3.05, 3.63) is 106 Å². The van der Waals surface area contributed by atoms with Gasteiger partial charge in [0.15, 0.2) is 0 Å². The standard InChI is InChI=1S/C27H24O2/c1-16-10-12-23-21(14-16)18(3)26(28-23)25(20-8-6-5-7-9-20)27-19(4)22-15-17(2)11-13-24(22)29-27/h5-15,25H,1-4H3. The highest BCUT2D eigenvalue weighted by molar-refractivity contribution is 5.85. The summed E-state index contributed by atoms with van der Waals surface area (Å²) in [5.74, 6) is 1.82. The van der Waals surface area contributed by atoms with Crippen LogP contribution < -0.4 is 0 Å². The predicted molar refractivity (Wildman–Crippen MR) is 119 cm³/mol. The molecular weight excluding hydrogens is 356 g/mol. The van der Waals surface area contributed by atoms with Crippen LogP contribution in [-0.2, 0) is 0 Å². The van der Waals surface area contributed by atoms with Gasteiger partial charge in [-0.3, -0.25) is 0 Å². The maximum atomic E-state index is 6.44. The van der Waals surface area contributed by atoms with Crippen LogP contribution in [-0.4, -0.2) is 0 Å². The van der Waals surface area contributed by atoms with Gasteiger partial charge in [0.2, 0.25) is 0 Å². The summed E-state index contributed by atoms with van der Waals surface area (Å²) in [6.07, 6.45) is 0. The smallest absolute Gasteiger partial charge is 0.134 e. The Bertz CT molecular complexity index is 1250. The van der Waals surface area contributed by atoms with Crippen LogP contribution >= 0.6 is 0 Å². The summed E-state index contributed by atoms with van der Waals surface area (Å²) in [5, 5.41) is 2.34. The van der Waals surface area contributed by atoms with Crippen LogP contribution in [0.5, 0.6) is 0 Å². The zero-order valence-electron chi connectivity index (χ0n) is 17.2. The summed E-state index contributed by atoms with van der Waals surface area (Å²) in [4.78, 5) is 0. The first kappa shape index (κ1) is 17.8. The van der Waals surface area contributed by atoms with Crippen LogP contribution in [0.3, 0.4) is 0 Å². The molecule has 2 nitrogen and oxygen atoms in total. The van der Waals surface area contributed by atoms with Crippen molar-refractivity contribution in [2.45, 2.75) is 33.6 Å². The maximum absolute atomic E-state index is 6.44. The first-order valence-corrected chi connectivity index (χ1v) is 10.1. The molecule has 0 saturated carbocycles. The van der Waals surface area contributed by atoms with Crippen molar-refractivity contribution in [2.75, 3.05) is 0 Å². The summed E-state index contributed by atoms with van der Waals surface area (Å²) in [7, 11) is 0. The Kier molecular flexibility index (Phi) is 4.09. The molecule has 0 aliphatic rings. The molecule has 2 heteroatoms. The van der Waals surface area contributed by atoms with Crippen LogP contribution in [0.2, 0.25) is 0 Å². The summed E-state index contributed by atoms with van der Waals surface area (Å²) in [6, 6.07) is 23.2. The van der Waals surface area contributed by atoms with Crippen LogP contribution in [0.4, 0.5) is 0 Å². The van der Waals surface area contributed by atoms with Crippen LogP contribution in [0, 0.1) is 27.7 Å². The largest absolute Gasteiger partial charge is 0.460 e. The highest BCUT2D eigenvalue weighted by Gasteiger charge is 2.29. The fourth-order valence-corrected chi connectivity index (χ4v) is 4.33. The van der Waals surface area contributed by atoms with Crippen molar-refractivity contribution in [1.29, 1.82) is 0 Å². The van der Waals surface area contributed by atoms with Gasteiger partial charge in [-0.25, -0.2) is 0 Å². The molecule has 0 fully saturated rings. The van der Waals surface area contributed by atoms with Gasteiger partial charge in [-0.1, -0.05) is 53.6 Å². The number of furan rings is 2. The molecule has 0 amide bonds. The molecule has 0 N–H and O–H groups in total. The van der Waals surface area contributed by atoms with Crippen LogP contribution in [0.1, 0.15) is 45.3 Å². The average Bonchev–Trinajstić information content (AvgIpc) is 3.21. The van der Waals surface area contributed by atoms with Gasteiger partial charge in [0.05, 0.1) is 0 Å². The molecule has 0 atom stereocenters. The molecule has 5 rings (SSSR count). The van der Waals surface area contributed by atoms with Gasteiger partial charge in [0, 0.05) is 10.8 Å². The predicted octanol–water partition coefficient (Wildman–Crippen LogP) is 7.59. The molecule has 5 aromatic rings. The quantitative estimate of drug-likeness (QED) is 0.322. The molecule has 2 heterocycles. The molecular formula is C27H24O2. The van der Waals surface area contributed by atoms with E-state index >= 15 is 0 Å². The van der Waals surface area contributed by atoms with Crippen molar-refractivity contribution in [2.24, 2.45) is 0 Å². The summed E-state index contributed by atoms with van der Waals surface area (Å²) >= 11 is 0. The lowest BCUT2D eigenvalue weighted by molar-refractivity contribution is 0.478. The molecule has 0 spiro atoms.